The van der Waals surface area contributed by atoms with Gasteiger partial charge >= 0.3 is 6.18 Å². The molecule has 4 rings (SSSR count). The predicted octanol–water partition coefficient (Wildman–Crippen LogP) is 6.66. The third-order valence-corrected chi connectivity index (χ3v) is 7.60. The summed E-state index contributed by atoms with van der Waals surface area (Å²) < 4.78 is 72.2. The molecule has 0 unspecified atom stereocenters. The second-order valence-corrected chi connectivity index (χ2v) is 10.2. The molecular weight excluding hydrogens is 568 g/mol. The van der Waals surface area contributed by atoms with Crippen LogP contribution in [0.15, 0.2) is 24.3 Å². The van der Waals surface area contributed by atoms with E-state index in [0.29, 0.717) is 29.6 Å². The van der Waals surface area contributed by atoms with Gasteiger partial charge in [0.25, 0.3) is 12.3 Å². The van der Waals surface area contributed by atoms with Crippen molar-refractivity contribution >= 4 is 51.8 Å². The normalized spacial score (nSPS) is 18.1. The number of alkyl halides is 5. The first kappa shape index (κ1) is 29.2. The molecule has 0 atom stereocenters. The third-order valence-electron chi connectivity index (χ3n) is 6.86. The second-order valence-electron chi connectivity index (χ2n) is 9.43. The summed E-state index contributed by atoms with van der Waals surface area (Å²) in [6.45, 7) is -0.584. The Labute approximate surface area is 230 Å². The smallest absolute Gasteiger partial charge is 0.391 e. The van der Waals surface area contributed by atoms with Gasteiger partial charge < -0.3 is 26.1 Å². The number of benzene rings is 2. The zero-order valence-corrected chi connectivity index (χ0v) is 22.0. The summed E-state index contributed by atoms with van der Waals surface area (Å²) in [6, 6.07) is 5.96. The molecule has 0 spiro atoms. The molecule has 1 fully saturated rings. The van der Waals surface area contributed by atoms with Crippen LogP contribution in [0.1, 0.15) is 41.6 Å². The lowest BCUT2D eigenvalue weighted by Crippen LogP contribution is -2.29. The number of fused-ring (bicyclic) bond motifs is 1. The van der Waals surface area contributed by atoms with Crippen molar-refractivity contribution in [3.63, 3.8) is 0 Å². The maximum atomic E-state index is 13.2. The molecule has 39 heavy (non-hydrogen) atoms. The highest BCUT2D eigenvalue weighted by molar-refractivity contribution is 6.39. The fraction of sp³-hybridized carbons (Fsp3) is 0.440. The van der Waals surface area contributed by atoms with Crippen LogP contribution >= 0.6 is 23.2 Å². The van der Waals surface area contributed by atoms with E-state index in [9.17, 15) is 26.7 Å². The highest BCUT2D eigenvalue weighted by Gasteiger charge is 2.41. The van der Waals surface area contributed by atoms with Gasteiger partial charge in [0.2, 0.25) is 5.95 Å². The number of ether oxygens (including phenoxy) is 1. The van der Waals surface area contributed by atoms with E-state index in [1.54, 1.807) is 16.7 Å². The Balaban J connectivity index is 1.78. The van der Waals surface area contributed by atoms with E-state index >= 15 is 0 Å². The number of carbonyl (C=O) groups excluding carboxylic acids is 1. The van der Waals surface area contributed by atoms with Crippen LogP contribution in [0, 0.1) is 11.8 Å². The van der Waals surface area contributed by atoms with Crippen molar-refractivity contribution in [3.05, 3.63) is 45.4 Å². The van der Waals surface area contributed by atoms with Crippen LogP contribution in [0.25, 0.3) is 11.0 Å². The molecule has 3 aromatic rings. The highest BCUT2D eigenvalue weighted by Crippen LogP contribution is 2.42. The Morgan fingerprint density at radius 1 is 1.18 bits per heavy atom. The summed E-state index contributed by atoms with van der Waals surface area (Å²) in [7, 11) is 0. The quantitative estimate of drug-likeness (QED) is 0.240. The Morgan fingerprint density at radius 2 is 1.87 bits per heavy atom. The van der Waals surface area contributed by atoms with Gasteiger partial charge in [-0.15, -0.1) is 0 Å². The molecule has 1 amide bonds. The molecule has 0 saturated heterocycles. The highest BCUT2D eigenvalue weighted by atomic mass is 35.5. The number of hydrogen-bond acceptors (Lipinski definition) is 5. The van der Waals surface area contributed by atoms with E-state index < -0.39 is 31.0 Å². The van der Waals surface area contributed by atoms with Crippen LogP contribution in [-0.2, 0) is 13.1 Å². The molecule has 7 nitrogen and oxygen atoms in total. The Bertz CT molecular complexity index is 1360. The minimum absolute atomic E-state index is 0.00562. The van der Waals surface area contributed by atoms with Crippen molar-refractivity contribution in [2.75, 3.05) is 11.9 Å². The zero-order valence-electron chi connectivity index (χ0n) is 20.5. The van der Waals surface area contributed by atoms with Crippen molar-refractivity contribution in [3.8, 4) is 5.75 Å². The number of amides is 1. The Hall–Kier alpha value is -2.83. The maximum Gasteiger partial charge on any atom is 0.391 e. The van der Waals surface area contributed by atoms with Gasteiger partial charge in [-0.05, 0) is 49.3 Å². The van der Waals surface area contributed by atoms with Gasteiger partial charge in [0.1, 0.15) is 12.4 Å². The van der Waals surface area contributed by atoms with Gasteiger partial charge in [-0.25, -0.2) is 13.8 Å². The maximum absolute atomic E-state index is 13.2. The summed E-state index contributed by atoms with van der Waals surface area (Å²) in [5.74, 6) is -2.33. The summed E-state index contributed by atoms with van der Waals surface area (Å²) in [6.07, 6.45) is -6.42. The molecule has 0 aliphatic heterocycles. The van der Waals surface area contributed by atoms with Gasteiger partial charge in [-0.1, -0.05) is 29.3 Å². The molecule has 2 aromatic carbocycles. The first-order valence-electron chi connectivity index (χ1n) is 12.1. The number of nitrogens with zero attached hydrogens (tertiary/aromatic N) is 2. The van der Waals surface area contributed by atoms with E-state index in [1.807, 2.05) is 0 Å². The first-order chi connectivity index (χ1) is 18.4. The summed E-state index contributed by atoms with van der Waals surface area (Å²) in [5.41, 5.74) is 12.7. The summed E-state index contributed by atoms with van der Waals surface area (Å²) in [5, 5.41) is 3.61. The van der Waals surface area contributed by atoms with Gasteiger partial charge in [0.05, 0.1) is 38.2 Å². The van der Waals surface area contributed by atoms with Crippen LogP contribution in [0.3, 0.4) is 0 Å². The van der Waals surface area contributed by atoms with Crippen LogP contribution in [0.2, 0.25) is 10.0 Å². The number of nitrogens with two attached hydrogens (primary N) is 2. The van der Waals surface area contributed by atoms with Crippen LogP contribution in [0.4, 0.5) is 33.6 Å². The van der Waals surface area contributed by atoms with Gasteiger partial charge in [0, 0.05) is 19.2 Å². The lowest BCUT2D eigenvalue weighted by Gasteiger charge is -2.30. The number of hydrogen-bond donors (Lipinski definition) is 3. The van der Waals surface area contributed by atoms with Gasteiger partial charge in [-0.3, -0.25) is 4.79 Å². The van der Waals surface area contributed by atoms with Gasteiger partial charge in [0.15, 0.2) is 0 Å². The number of aromatic nitrogens is 2. The molecule has 1 heterocycles. The number of imidazole rings is 1. The van der Waals surface area contributed by atoms with Crippen molar-refractivity contribution in [2.24, 2.45) is 23.3 Å². The lowest BCUT2D eigenvalue weighted by atomic mass is 9.81. The fourth-order valence-corrected chi connectivity index (χ4v) is 5.35. The molecular formula is C25H26Cl2F5N5O2. The average molecular weight is 594 g/mol. The topological polar surface area (TPSA) is 108 Å². The molecule has 1 saturated carbocycles. The number of rotatable bonds is 9. The van der Waals surface area contributed by atoms with E-state index in [4.69, 9.17) is 39.4 Å². The van der Waals surface area contributed by atoms with Crippen molar-refractivity contribution in [2.45, 2.75) is 51.4 Å². The number of carbonyl (C=O) groups is 1. The minimum atomic E-state index is -4.25. The summed E-state index contributed by atoms with van der Waals surface area (Å²) >= 11 is 12.9. The van der Waals surface area contributed by atoms with Crippen LogP contribution in [0.5, 0.6) is 5.75 Å². The average Bonchev–Trinajstić information content (AvgIpc) is 3.20. The van der Waals surface area contributed by atoms with E-state index in [2.05, 4.69) is 10.3 Å². The Morgan fingerprint density at radius 3 is 2.46 bits per heavy atom. The van der Waals surface area contributed by atoms with Crippen molar-refractivity contribution in [1.82, 2.24) is 9.55 Å². The van der Waals surface area contributed by atoms with E-state index in [1.165, 1.54) is 12.1 Å². The number of halogens is 7. The molecule has 1 aromatic heterocycles. The van der Waals surface area contributed by atoms with Crippen LogP contribution < -0.4 is 21.5 Å². The van der Waals surface area contributed by atoms with E-state index in [0.717, 1.165) is 0 Å². The monoisotopic (exact) mass is 593 g/mol. The number of primary amides is 1. The van der Waals surface area contributed by atoms with Gasteiger partial charge in [-0.2, -0.15) is 13.2 Å². The molecule has 212 valence electrons. The first-order valence-corrected chi connectivity index (χ1v) is 12.9. The second kappa shape index (κ2) is 11.7. The molecule has 5 N–H and O–H groups in total. The molecule has 0 radical (unpaired) electrons. The number of nitrogens with one attached hydrogen (secondary N) is 1. The predicted molar refractivity (Wildman–Crippen MR) is 139 cm³/mol. The largest absolute Gasteiger partial charge is 0.487 e. The number of anilines is 2. The van der Waals surface area contributed by atoms with Crippen molar-refractivity contribution < 1.29 is 31.5 Å². The van der Waals surface area contributed by atoms with Crippen LogP contribution in [-0.4, -0.2) is 34.7 Å². The molecule has 1 aliphatic rings. The SMILES string of the molecule is NCc1ccc(Cl)c(Nc2nc3cc(C(N)=O)c(OCC(F)F)cc3n2CC2CCC(C(F)(F)F)CC2)c1Cl. The molecule has 14 heteroatoms. The molecule has 0 bridgehead atoms. The standard InChI is InChI=1S/C25H26Cl2F5N5O2/c26-16-6-3-13(9-33)21(27)22(16)36-24-35-17-7-15(23(34)38)19(39-11-20(28)29)8-18(17)37(24)10-12-1-4-14(5-2-12)25(30,31)32/h3,6-8,12,14,20H,1-2,4-5,9-11,33H2,(H2,34,38)(H,35,36). The third kappa shape index (κ3) is 6.50. The minimum Gasteiger partial charge on any atom is -0.487 e. The van der Waals surface area contributed by atoms with Crippen molar-refractivity contribution in [1.29, 1.82) is 0 Å². The summed E-state index contributed by atoms with van der Waals surface area (Å²) in [4.78, 5) is 16.6. The van der Waals surface area contributed by atoms with E-state index in [-0.39, 0.29) is 64.7 Å². The zero-order chi connectivity index (χ0) is 28.5. The fourth-order valence-electron chi connectivity index (χ4n) is 4.81. The lowest BCUT2D eigenvalue weighted by molar-refractivity contribution is -0.184. The Kier molecular flexibility index (Phi) is 8.77. The molecule has 1 aliphatic carbocycles.